The number of nitrogens with one attached hydrogen (secondary N) is 1. The molecular formula is C20H22N4O4S. The highest BCUT2D eigenvalue weighted by Crippen LogP contribution is 2.31. The third-order valence-corrected chi connectivity index (χ3v) is 6.30. The summed E-state index contributed by atoms with van der Waals surface area (Å²) in [6.07, 6.45) is 3.05. The van der Waals surface area contributed by atoms with Gasteiger partial charge in [0, 0.05) is 37.8 Å². The maximum Gasteiger partial charge on any atom is 0.241 e. The molecule has 8 nitrogen and oxygen atoms in total. The fourth-order valence-electron chi connectivity index (χ4n) is 3.49. The highest BCUT2D eigenvalue weighted by atomic mass is 32.2. The summed E-state index contributed by atoms with van der Waals surface area (Å²) < 4.78 is 31.9. The van der Waals surface area contributed by atoms with E-state index in [0.29, 0.717) is 35.6 Å². The first-order valence-corrected chi connectivity index (χ1v) is 11.2. The molecule has 1 aromatic carbocycles. The number of ether oxygens (including phenoxy) is 1. The van der Waals surface area contributed by atoms with Gasteiger partial charge in [-0.1, -0.05) is 12.1 Å². The normalized spacial score (nSPS) is 18.0. The van der Waals surface area contributed by atoms with Crippen molar-refractivity contribution in [3.8, 4) is 17.1 Å². The van der Waals surface area contributed by atoms with E-state index in [1.54, 1.807) is 30.6 Å². The zero-order valence-corrected chi connectivity index (χ0v) is 17.2. The number of carbonyl (C=O) groups is 1. The molecule has 1 aliphatic rings. The molecule has 2 unspecified atom stereocenters. The van der Waals surface area contributed by atoms with Crippen molar-refractivity contribution in [1.29, 1.82) is 0 Å². The Morgan fingerprint density at radius 1 is 1.31 bits per heavy atom. The van der Waals surface area contributed by atoms with Crippen LogP contribution in [0.1, 0.15) is 13.3 Å². The summed E-state index contributed by atoms with van der Waals surface area (Å²) in [5.74, 6) is 0.495. The predicted octanol–water partition coefficient (Wildman–Crippen LogP) is 1.94. The molecular weight excluding hydrogens is 392 g/mol. The van der Waals surface area contributed by atoms with Crippen molar-refractivity contribution in [2.75, 3.05) is 12.8 Å². The Bertz CT molecular complexity index is 1200. The highest BCUT2D eigenvalue weighted by molar-refractivity contribution is 7.90. The molecule has 3 heterocycles. The van der Waals surface area contributed by atoms with Gasteiger partial charge in [0.15, 0.2) is 9.84 Å². The van der Waals surface area contributed by atoms with Crippen molar-refractivity contribution >= 4 is 26.8 Å². The summed E-state index contributed by atoms with van der Waals surface area (Å²) in [6, 6.07) is 8.46. The average Bonchev–Trinajstić information content (AvgIpc) is 3.27. The van der Waals surface area contributed by atoms with E-state index in [0.717, 1.165) is 5.52 Å². The van der Waals surface area contributed by atoms with E-state index in [4.69, 9.17) is 4.74 Å². The molecule has 4 rings (SSSR count). The first kappa shape index (κ1) is 19.4. The smallest absolute Gasteiger partial charge is 0.241 e. The number of fused-ring (bicyclic) bond motifs is 1. The number of imidazole rings is 1. The molecule has 0 saturated carbocycles. The van der Waals surface area contributed by atoms with Crippen LogP contribution in [0.25, 0.3) is 22.3 Å². The summed E-state index contributed by atoms with van der Waals surface area (Å²) in [6.45, 7) is 2.50. The monoisotopic (exact) mass is 414 g/mol. The minimum atomic E-state index is -3.33. The van der Waals surface area contributed by atoms with E-state index < -0.39 is 9.84 Å². The first-order chi connectivity index (χ1) is 13.7. The van der Waals surface area contributed by atoms with Crippen LogP contribution >= 0.6 is 0 Å². The largest absolute Gasteiger partial charge is 0.473 e. The van der Waals surface area contributed by atoms with Crippen LogP contribution in [0, 0.1) is 5.92 Å². The predicted molar refractivity (Wildman–Crippen MR) is 108 cm³/mol. The van der Waals surface area contributed by atoms with E-state index in [1.807, 2.05) is 24.6 Å². The SMILES string of the molecule is CC(Oc1nc(-c2cccc(S(C)(=O)=O)c2)cc2ncn(C)c12)C1CNC(=O)C1. The van der Waals surface area contributed by atoms with Crippen molar-refractivity contribution in [3.05, 3.63) is 36.7 Å². The topological polar surface area (TPSA) is 103 Å². The molecule has 0 spiro atoms. The van der Waals surface area contributed by atoms with Crippen LogP contribution in [0.5, 0.6) is 5.88 Å². The molecule has 2 aromatic heterocycles. The summed E-state index contributed by atoms with van der Waals surface area (Å²) in [4.78, 5) is 20.9. The lowest BCUT2D eigenvalue weighted by Gasteiger charge is -2.20. The molecule has 1 N–H and O–H groups in total. The second-order valence-electron chi connectivity index (χ2n) is 7.43. The highest BCUT2D eigenvalue weighted by Gasteiger charge is 2.29. The summed E-state index contributed by atoms with van der Waals surface area (Å²) in [5, 5.41) is 2.82. The summed E-state index contributed by atoms with van der Waals surface area (Å²) >= 11 is 0. The summed E-state index contributed by atoms with van der Waals surface area (Å²) in [7, 11) is -1.47. The molecule has 1 fully saturated rings. The number of hydrogen-bond donors (Lipinski definition) is 1. The number of pyridine rings is 1. The zero-order chi connectivity index (χ0) is 20.8. The molecule has 9 heteroatoms. The number of nitrogens with zero attached hydrogens (tertiary/aromatic N) is 3. The van der Waals surface area contributed by atoms with E-state index in [-0.39, 0.29) is 22.8 Å². The quantitative estimate of drug-likeness (QED) is 0.684. The lowest BCUT2D eigenvalue weighted by Crippen LogP contribution is -2.26. The van der Waals surface area contributed by atoms with Gasteiger partial charge in [0.1, 0.15) is 11.6 Å². The zero-order valence-electron chi connectivity index (χ0n) is 16.4. The second-order valence-corrected chi connectivity index (χ2v) is 9.44. The van der Waals surface area contributed by atoms with Crippen molar-refractivity contribution < 1.29 is 17.9 Å². The maximum absolute atomic E-state index is 11.9. The molecule has 2 atom stereocenters. The van der Waals surface area contributed by atoms with Crippen molar-refractivity contribution in [2.45, 2.75) is 24.3 Å². The number of benzene rings is 1. The van der Waals surface area contributed by atoms with E-state index in [9.17, 15) is 13.2 Å². The number of aryl methyl sites for hydroxylation is 1. The van der Waals surface area contributed by atoms with Gasteiger partial charge in [-0.3, -0.25) is 4.79 Å². The molecule has 0 bridgehead atoms. The van der Waals surface area contributed by atoms with Gasteiger partial charge in [0.05, 0.1) is 22.4 Å². The third kappa shape index (κ3) is 3.82. The molecule has 1 amide bonds. The minimum absolute atomic E-state index is 0.0235. The maximum atomic E-state index is 11.9. The van der Waals surface area contributed by atoms with Crippen LogP contribution in [0.3, 0.4) is 0 Å². The molecule has 0 aliphatic carbocycles. The standard InChI is InChI=1S/C20H22N4O4S/c1-12(14-8-18(25)21-10-14)28-20-19-17(22-11-24(19)2)9-16(23-20)13-5-4-6-15(7-13)29(3,26)27/h4-7,9,11-12,14H,8,10H2,1-3H3,(H,21,25). The second kappa shape index (κ2) is 7.14. The van der Waals surface area contributed by atoms with Crippen LogP contribution < -0.4 is 10.1 Å². The summed E-state index contributed by atoms with van der Waals surface area (Å²) in [5.41, 5.74) is 2.68. The number of rotatable bonds is 5. The Kier molecular flexibility index (Phi) is 4.77. The number of sulfone groups is 1. The van der Waals surface area contributed by atoms with Crippen LogP contribution in [0.2, 0.25) is 0 Å². The minimum Gasteiger partial charge on any atom is -0.473 e. The molecule has 29 heavy (non-hydrogen) atoms. The van der Waals surface area contributed by atoms with E-state index in [2.05, 4.69) is 15.3 Å². The fourth-order valence-corrected chi connectivity index (χ4v) is 4.15. The average molecular weight is 414 g/mol. The lowest BCUT2D eigenvalue weighted by atomic mass is 10.0. The van der Waals surface area contributed by atoms with Crippen LogP contribution in [-0.2, 0) is 21.7 Å². The number of hydrogen-bond acceptors (Lipinski definition) is 6. The first-order valence-electron chi connectivity index (χ1n) is 9.28. The fraction of sp³-hybridized carbons (Fsp3) is 0.350. The van der Waals surface area contributed by atoms with Gasteiger partial charge in [-0.05, 0) is 25.1 Å². The van der Waals surface area contributed by atoms with Gasteiger partial charge >= 0.3 is 0 Å². The Hall–Kier alpha value is -2.94. The molecule has 1 aliphatic heterocycles. The number of amides is 1. The Labute approximate surface area is 168 Å². The number of aromatic nitrogens is 3. The van der Waals surface area contributed by atoms with Crippen molar-refractivity contribution in [3.63, 3.8) is 0 Å². The van der Waals surface area contributed by atoms with Crippen molar-refractivity contribution in [2.24, 2.45) is 13.0 Å². The van der Waals surface area contributed by atoms with Crippen LogP contribution in [-0.4, -0.2) is 47.8 Å². The van der Waals surface area contributed by atoms with E-state index in [1.165, 1.54) is 6.26 Å². The molecule has 0 radical (unpaired) electrons. The molecule has 1 saturated heterocycles. The molecule has 152 valence electrons. The van der Waals surface area contributed by atoms with Crippen molar-refractivity contribution in [1.82, 2.24) is 19.9 Å². The van der Waals surface area contributed by atoms with Crippen LogP contribution in [0.4, 0.5) is 0 Å². The lowest BCUT2D eigenvalue weighted by molar-refractivity contribution is -0.119. The Balaban J connectivity index is 1.77. The van der Waals surface area contributed by atoms with Gasteiger partial charge in [0.2, 0.25) is 11.8 Å². The van der Waals surface area contributed by atoms with Gasteiger partial charge in [-0.25, -0.2) is 18.4 Å². The Morgan fingerprint density at radius 3 is 2.79 bits per heavy atom. The van der Waals surface area contributed by atoms with E-state index >= 15 is 0 Å². The van der Waals surface area contributed by atoms with Gasteiger partial charge in [-0.15, -0.1) is 0 Å². The third-order valence-electron chi connectivity index (χ3n) is 5.19. The van der Waals surface area contributed by atoms with Crippen LogP contribution in [0.15, 0.2) is 41.6 Å². The van der Waals surface area contributed by atoms with Gasteiger partial charge < -0.3 is 14.6 Å². The van der Waals surface area contributed by atoms with Gasteiger partial charge in [-0.2, -0.15) is 0 Å². The van der Waals surface area contributed by atoms with Gasteiger partial charge in [0.25, 0.3) is 0 Å². The Morgan fingerprint density at radius 2 is 2.10 bits per heavy atom. The number of carbonyl (C=O) groups excluding carboxylic acids is 1. The molecule has 3 aromatic rings.